The van der Waals surface area contributed by atoms with Gasteiger partial charge in [-0.3, -0.25) is 0 Å². The molecule has 0 aliphatic rings. The fourth-order valence-corrected chi connectivity index (χ4v) is 1.56. The smallest absolute Gasteiger partial charge is 0.150 e. The van der Waals surface area contributed by atoms with E-state index in [0.717, 1.165) is 11.3 Å². The first-order valence-corrected chi connectivity index (χ1v) is 5.10. The Hall–Kier alpha value is -1.24. The van der Waals surface area contributed by atoms with E-state index < -0.39 is 0 Å². The number of nitrogens with zero attached hydrogens (tertiary/aromatic N) is 2. The van der Waals surface area contributed by atoms with E-state index in [2.05, 4.69) is 27.6 Å². The van der Waals surface area contributed by atoms with Gasteiger partial charge in [0.05, 0.1) is 0 Å². The molecule has 0 unspecified atom stereocenters. The number of aromatic nitrogens is 2. The van der Waals surface area contributed by atoms with Crippen molar-refractivity contribution in [3.8, 4) is 11.3 Å². The van der Waals surface area contributed by atoms with E-state index in [0.29, 0.717) is 5.82 Å². The van der Waals surface area contributed by atoms with Crippen LogP contribution in [0, 0.1) is 3.57 Å². The lowest BCUT2D eigenvalue weighted by Crippen LogP contribution is -2.09. The monoisotopic (exact) mass is 300 g/mol. The number of halogens is 1. The maximum absolute atomic E-state index is 5.75. The maximum atomic E-state index is 5.75. The first-order valence-electron chi connectivity index (χ1n) is 4.02. The van der Waals surface area contributed by atoms with Gasteiger partial charge in [-0.2, -0.15) is 0 Å². The van der Waals surface area contributed by atoms with Crippen LogP contribution in [0.2, 0.25) is 0 Å². The number of rotatable bonds is 1. The van der Waals surface area contributed by atoms with Crippen molar-refractivity contribution in [2.24, 2.45) is 0 Å². The first kappa shape index (κ1) is 9.32. The van der Waals surface area contributed by atoms with Crippen molar-refractivity contribution in [1.29, 1.82) is 0 Å². The summed E-state index contributed by atoms with van der Waals surface area (Å²) in [6.07, 6.45) is 1.50. The Balaban J connectivity index is 2.49. The summed E-state index contributed by atoms with van der Waals surface area (Å²) < 4.78 is 2.49. The molecule has 0 amide bonds. The molecule has 0 fully saturated rings. The average molecular weight is 300 g/mol. The SMILES string of the molecule is Nc1c(-c2ccc(I)cc2)ncn1N. The summed E-state index contributed by atoms with van der Waals surface area (Å²) >= 11 is 2.25. The van der Waals surface area contributed by atoms with Crippen LogP contribution < -0.4 is 11.6 Å². The molecule has 4 nitrogen and oxygen atoms in total. The zero-order valence-electron chi connectivity index (χ0n) is 7.31. The molecule has 14 heavy (non-hydrogen) atoms. The van der Waals surface area contributed by atoms with Gasteiger partial charge in [-0.25, -0.2) is 9.66 Å². The summed E-state index contributed by atoms with van der Waals surface area (Å²) in [6.45, 7) is 0. The Bertz CT molecular complexity index is 446. The normalized spacial score (nSPS) is 10.4. The van der Waals surface area contributed by atoms with Crippen LogP contribution in [0.25, 0.3) is 11.3 Å². The number of nitrogen functional groups attached to an aromatic ring is 2. The minimum atomic E-state index is 0.478. The van der Waals surface area contributed by atoms with Gasteiger partial charge in [-0.05, 0) is 34.7 Å². The van der Waals surface area contributed by atoms with Gasteiger partial charge in [0.2, 0.25) is 0 Å². The molecule has 2 rings (SSSR count). The third-order valence-corrected chi connectivity index (χ3v) is 2.67. The zero-order valence-corrected chi connectivity index (χ0v) is 9.47. The highest BCUT2D eigenvalue weighted by Crippen LogP contribution is 2.23. The van der Waals surface area contributed by atoms with Gasteiger partial charge in [0.1, 0.15) is 17.8 Å². The third-order valence-electron chi connectivity index (χ3n) is 1.95. The Labute approximate surface area is 95.0 Å². The van der Waals surface area contributed by atoms with Gasteiger partial charge < -0.3 is 11.6 Å². The number of hydrogen-bond acceptors (Lipinski definition) is 3. The molecule has 4 N–H and O–H groups in total. The minimum absolute atomic E-state index is 0.478. The molecule has 0 saturated heterocycles. The van der Waals surface area contributed by atoms with Crippen LogP contribution in [0.1, 0.15) is 0 Å². The Kier molecular flexibility index (Phi) is 2.32. The zero-order chi connectivity index (χ0) is 10.1. The number of anilines is 1. The highest BCUT2D eigenvalue weighted by atomic mass is 127. The Morgan fingerprint density at radius 1 is 1.21 bits per heavy atom. The van der Waals surface area contributed by atoms with E-state index in [4.69, 9.17) is 11.6 Å². The second kappa shape index (κ2) is 3.49. The van der Waals surface area contributed by atoms with Gasteiger partial charge in [0.15, 0.2) is 0 Å². The highest BCUT2D eigenvalue weighted by Gasteiger charge is 2.07. The molecular weight excluding hydrogens is 291 g/mol. The maximum Gasteiger partial charge on any atom is 0.150 e. The van der Waals surface area contributed by atoms with Gasteiger partial charge in [-0.15, -0.1) is 0 Å². The number of imidazole rings is 1. The molecule has 0 aliphatic carbocycles. The molecule has 72 valence electrons. The summed E-state index contributed by atoms with van der Waals surface area (Å²) in [5.41, 5.74) is 7.45. The van der Waals surface area contributed by atoms with Crippen molar-refractivity contribution in [2.75, 3.05) is 11.6 Å². The second-order valence-electron chi connectivity index (χ2n) is 2.89. The van der Waals surface area contributed by atoms with E-state index in [1.165, 1.54) is 14.6 Å². The molecule has 0 spiro atoms. The summed E-state index contributed by atoms with van der Waals surface area (Å²) in [5.74, 6) is 6.01. The summed E-state index contributed by atoms with van der Waals surface area (Å²) in [6, 6.07) is 7.96. The quantitative estimate of drug-likeness (QED) is 0.618. The van der Waals surface area contributed by atoms with E-state index >= 15 is 0 Å². The highest BCUT2D eigenvalue weighted by molar-refractivity contribution is 14.1. The van der Waals surface area contributed by atoms with Crippen molar-refractivity contribution in [3.05, 3.63) is 34.2 Å². The second-order valence-corrected chi connectivity index (χ2v) is 4.14. The van der Waals surface area contributed by atoms with Gasteiger partial charge >= 0.3 is 0 Å². The van der Waals surface area contributed by atoms with E-state index in [9.17, 15) is 0 Å². The predicted octanol–water partition coefficient (Wildman–Crippen LogP) is 1.45. The third kappa shape index (κ3) is 1.54. The Morgan fingerprint density at radius 2 is 1.86 bits per heavy atom. The lowest BCUT2D eigenvalue weighted by atomic mass is 10.1. The fourth-order valence-electron chi connectivity index (χ4n) is 1.20. The van der Waals surface area contributed by atoms with E-state index in [-0.39, 0.29) is 0 Å². The van der Waals surface area contributed by atoms with Crippen LogP contribution >= 0.6 is 22.6 Å². The molecule has 0 atom stereocenters. The van der Waals surface area contributed by atoms with Crippen LogP contribution in [0.4, 0.5) is 5.82 Å². The molecule has 0 bridgehead atoms. The Morgan fingerprint density at radius 3 is 2.36 bits per heavy atom. The van der Waals surface area contributed by atoms with Gasteiger partial charge in [0.25, 0.3) is 0 Å². The van der Waals surface area contributed by atoms with Crippen molar-refractivity contribution in [1.82, 2.24) is 9.66 Å². The van der Waals surface area contributed by atoms with E-state index in [1.54, 1.807) is 0 Å². The molecule has 0 aliphatic heterocycles. The van der Waals surface area contributed by atoms with Crippen LogP contribution in [0.3, 0.4) is 0 Å². The van der Waals surface area contributed by atoms with Crippen molar-refractivity contribution < 1.29 is 0 Å². The molecule has 0 saturated carbocycles. The molecule has 1 heterocycles. The number of nitrogens with two attached hydrogens (primary N) is 2. The lowest BCUT2D eigenvalue weighted by Gasteiger charge is -1.99. The molecular formula is C9H9IN4. The first-order chi connectivity index (χ1) is 6.68. The van der Waals surface area contributed by atoms with Crippen LogP contribution in [-0.4, -0.2) is 9.66 Å². The molecule has 1 aromatic carbocycles. The lowest BCUT2D eigenvalue weighted by molar-refractivity contribution is 1.01. The van der Waals surface area contributed by atoms with Crippen LogP contribution in [0.5, 0.6) is 0 Å². The predicted molar refractivity (Wildman–Crippen MR) is 64.9 cm³/mol. The summed E-state index contributed by atoms with van der Waals surface area (Å²) in [7, 11) is 0. The minimum Gasteiger partial charge on any atom is -0.382 e. The van der Waals surface area contributed by atoms with Crippen molar-refractivity contribution in [2.45, 2.75) is 0 Å². The van der Waals surface area contributed by atoms with Crippen LogP contribution in [0.15, 0.2) is 30.6 Å². The standard InChI is InChI=1S/C9H9IN4/c10-7-3-1-6(2-4-7)8-9(11)14(12)5-13-8/h1-5H,11-12H2. The van der Waals surface area contributed by atoms with E-state index in [1.807, 2.05) is 24.3 Å². The van der Waals surface area contributed by atoms with Gasteiger partial charge in [-0.1, -0.05) is 12.1 Å². The number of benzene rings is 1. The topological polar surface area (TPSA) is 69.9 Å². The van der Waals surface area contributed by atoms with Crippen LogP contribution in [-0.2, 0) is 0 Å². The molecule has 1 aromatic heterocycles. The molecule has 2 aromatic rings. The van der Waals surface area contributed by atoms with Crippen molar-refractivity contribution in [3.63, 3.8) is 0 Å². The molecule has 0 radical (unpaired) electrons. The average Bonchev–Trinajstić information content (AvgIpc) is 2.50. The summed E-state index contributed by atoms with van der Waals surface area (Å²) in [5, 5.41) is 0. The molecule has 5 heteroatoms. The fraction of sp³-hybridized carbons (Fsp3) is 0. The number of hydrogen-bond donors (Lipinski definition) is 2. The largest absolute Gasteiger partial charge is 0.382 e. The van der Waals surface area contributed by atoms with Gasteiger partial charge in [0, 0.05) is 9.13 Å². The summed E-state index contributed by atoms with van der Waals surface area (Å²) in [4.78, 5) is 4.13. The van der Waals surface area contributed by atoms with Crippen molar-refractivity contribution >= 4 is 28.4 Å².